The van der Waals surface area contributed by atoms with E-state index in [0.717, 1.165) is 58.7 Å². The molecule has 2 saturated heterocycles. The van der Waals surface area contributed by atoms with Gasteiger partial charge in [0.1, 0.15) is 0 Å². The lowest BCUT2D eigenvalue weighted by atomic mass is 9.98. The Morgan fingerprint density at radius 3 is 2.50 bits per heavy atom. The van der Waals surface area contributed by atoms with Gasteiger partial charge in [0, 0.05) is 53.0 Å². The first-order valence-corrected chi connectivity index (χ1v) is 6.99. The SMILES string of the molecule is COCC1CCN(C(=O)CN2CCNCC2)CC1. The molecule has 0 aromatic carbocycles. The maximum absolute atomic E-state index is 12.2. The number of rotatable bonds is 4. The van der Waals surface area contributed by atoms with Gasteiger partial charge in [-0.25, -0.2) is 0 Å². The van der Waals surface area contributed by atoms with E-state index < -0.39 is 0 Å². The van der Waals surface area contributed by atoms with Crippen LogP contribution in [0.1, 0.15) is 12.8 Å². The Morgan fingerprint density at radius 1 is 1.22 bits per heavy atom. The van der Waals surface area contributed by atoms with Crippen molar-refractivity contribution < 1.29 is 9.53 Å². The highest BCUT2D eigenvalue weighted by Gasteiger charge is 2.24. The van der Waals surface area contributed by atoms with Crippen molar-refractivity contribution in [2.24, 2.45) is 5.92 Å². The van der Waals surface area contributed by atoms with Gasteiger partial charge in [0.25, 0.3) is 0 Å². The lowest BCUT2D eigenvalue weighted by Gasteiger charge is -2.34. The molecule has 2 aliphatic rings. The molecule has 5 heteroatoms. The highest BCUT2D eigenvalue weighted by Crippen LogP contribution is 2.17. The largest absolute Gasteiger partial charge is 0.384 e. The molecule has 0 saturated carbocycles. The van der Waals surface area contributed by atoms with E-state index in [9.17, 15) is 4.79 Å². The first-order chi connectivity index (χ1) is 8.79. The molecule has 5 nitrogen and oxygen atoms in total. The van der Waals surface area contributed by atoms with Crippen LogP contribution in [0.2, 0.25) is 0 Å². The number of likely N-dealkylation sites (tertiary alicyclic amines) is 1. The average molecular weight is 255 g/mol. The fraction of sp³-hybridized carbons (Fsp3) is 0.923. The maximum atomic E-state index is 12.2. The molecule has 0 radical (unpaired) electrons. The minimum atomic E-state index is 0.299. The first kappa shape index (κ1) is 13.8. The van der Waals surface area contributed by atoms with Gasteiger partial charge in [-0.3, -0.25) is 9.69 Å². The quantitative estimate of drug-likeness (QED) is 0.754. The number of ether oxygens (including phenoxy) is 1. The molecule has 0 spiro atoms. The van der Waals surface area contributed by atoms with Crippen molar-refractivity contribution in [3.8, 4) is 0 Å². The minimum absolute atomic E-state index is 0.299. The summed E-state index contributed by atoms with van der Waals surface area (Å²) in [6.07, 6.45) is 2.17. The third-order valence-corrected chi connectivity index (χ3v) is 3.94. The molecule has 2 rings (SSSR count). The van der Waals surface area contributed by atoms with Crippen LogP contribution in [0.4, 0.5) is 0 Å². The molecular weight excluding hydrogens is 230 g/mol. The molecule has 1 amide bonds. The number of nitrogens with one attached hydrogen (secondary N) is 1. The van der Waals surface area contributed by atoms with Gasteiger partial charge in [-0.05, 0) is 18.8 Å². The van der Waals surface area contributed by atoms with E-state index in [1.54, 1.807) is 7.11 Å². The number of carbonyl (C=O) groups is 1. The number of methoxy groups -OCH3 is 1. The molecule has 1 N–H and O–H groups in total. The number of carbonyl (C=O) groups excluding carboxylic acids is 1. The van der Waals surface area contributed by atoms with Crippen LogP contribution in [-0.4, -0.2) is 75.2 Å². The normalized spacial score (nSPS) is 23.3. The van der Waals surface area contributed by atoms with Gasteiger partial charge in [-0.15, -0.1) is 0 Å². The second-order valence-corrected chi connectivity index (χ2v) is 5.31. The van der Waals surface area contributed by atoms with Gasteiger partial charge < -0.3 is 15.0 Å². The van der Waals surface area contributed by atoms with Crippen LogP contribution in [0.15, 0.2) is 0 Å². The highest BCUT2D eigenvalue weighted by molar-refractivity contribution is 5.78. The lowest BCUT2D eigenvalue weighted by Crippen LogP contribution is -2.49. The molecule has 0 aliphatic carbocycles. The standard InChI is InChI=1S/C13H25N3O2/c1-18-11-12-2-6-16(7-3-12)13(17)10-15-8-4-14-5-9-15/h12,14H,2-11H2,1H3. The summed E-state index contributed by atoms with van der Waals surface area (Å²) in [5.74, 6) is 0.936. The first-order valence-electron chi connectivity index (χ1n) is 6.99. The lowest BCUT2D eigenvalue weighted by molar-refractivity contribution is -0.134. The Balaban J connectivity index is 1.70. The molecule has 0 aromatic rings. The van der Waals surface area contributed by atoms with Gasteiger partial charge in [0.2, 0.25) is 5.91 Å². The summed E-state index contributed by atoms with van der Waals surface area (Å²) in [6, 6.07) is 0. The van der Waals surface area contributed by atoms with Gasteiger partial charge >= 0.3 is 0 Å². The Morgan fingerprint density at radius 2 is 1.89 bits per heavy atom. The molecule has 2 fully saturated rings. The Hall–Kier alpha value is -0.650. The van der Waals surface area contributed by atoms with E-state index in [1.807, 2.05) is 4.90 Å². The molecule has 0 aromatic heterocycles. The summed E-state index contributed by atoms with van der Waals surface area (Å²) >= 11 is 0. The summed E-state index contributed by atoms with van der Waals surface area (Å²) in [7, 11) is 1.75. The predicted molar refractivity (Wildman–Crippen MR) is 70.5 cm³/mol. The van der Waals surface area contributed by atoms with Gasteiger partial charge in [0.05, 0.1) is 6.54 Å². The van der Waals surface area contributed by atoms with Gasteiger partial charge in [0.15, 0.2) is 0 Å². The van der Waals surface area contributed by atoms with E-state index in [-0.39, 0.29) is 0 Å². The number of hydrogen-bond acceptors (Lipinski definition) is 4. The second-order valence-electron chi connectivity index (χ2n) is 5.31. The molecule has 0 atom stereocenters. The highest BCUT2D eigenvalue weighted by atomic mass is 16.5. The van der Waals surface area contributed by atoms with E-state index in [4.69, 9.17) is 4.74 Å². The molecule has 2 heterocycles. The van der Waals surface area contributed by atoms with E-state index in [0.29, 0.717) is 18.4 Å². The van der Waals surface area contributed by atoms with Crippen molar-refractivity contribution >= 4 is 5.91 Å². The smallest absolute Gasteiger partial charge is 0.236 e. The number of amides is 1. The Bertz CT molecular complexity index is 259. The maximum Gasteiger partial charge on any atom is 0.236 e. The molecule has 2 aliphatic heterocycles. The molecule has 18 heavy (non-hydrogen) atoms. The third kappa shape index (κ3) is 3.93. The number of piperidine rings is 1. The van der Waals surface area contributed by atoms with E-state index in [1.165, 1.54) is 0 Å². The zero-order chi connectivity index (χ0) is 12.8. The molecule has 0 bridgehead atoms. The average Bonchev–Trinajstić information content (AvgIpc) is 2.41. The van der Waals surface area contributed by atoms with Crippen LogP contribution in [0, 0.1) is 5.92 Å². The van der Waals surface area contributed by atoms with Crippen LogP contribution in [-0.2, 0) is 9.53 Å². The number of hydrogen-bond donors (Lipinski definition) is 1. The van der Waals surface area contributed by atoms with Crippen LogP contribution in [0.5, 0.6) is 0 Å². The van der Waals surface area contributed by atoms with Crippen molar-refractivity contribution in [3.05, 3.63) is 0 Å². The van der Waals surface area contributed by atoms with E-state index >= 15 is 0 Å². The Labute approximate surface area is 109 Å². The van der Waals surface area contributed by atoms with Crippen LogP contribution < -0.4 is 5.32 Å². The summed E-state index contributed by atoms with van der Waals surface area (Å²) in [5, 5.41) is 3.31. The van der Waals surface area contributed by atoms with Crippen molar-refractivity contribution in [1.82, 2.24) is 15.1 Å². The number of piperazine rings is 1. The van der Waals surface area contributed by atoms with Gasteiger partial charge in [-0.2, -0.15) is 0 Å². The van der Waals surface area contributed by atoms with Crippen molar-refractivity contribution in [1.29, 1.82) is 0 Å². The fourth-order valence-corrected chi connectivity index (χ4v) is 2.75. The Kier molecular flexibility index (Phi) is 5.41. The van der Waals surface area contributed by atoms with Crippen LogP contribution in [0.3, 0.4) is 0 Å². The zero-order valence-corrected chi connectivity index (χ0v) is 11.4. The van der Waals surface area contributed by atoms with E-state index in [2.05, 4.69) is 10.2 Å². The topological polar surface area (TPSA) is 44.8 Å². The number of nitrogens with zero attached hydrogens (tertiary/aromatic N) is 2. The van der Waals surface area contributed by atoms with Crippen LogP contribution >= 0.6 is 0 Å². The third-order valence-electron chi connectivity index (χ3n) is 3.94. The monoisotopic (exact) mass is 255 g/mol. The second kappa shape index (κ2) is 7.07. The van der Waals surface area contributed by atoms with Crippen molar-refractivity contribution in [2.45, 2.75) is 12.8 Å². The van der Waals surface area contributed by atoms with Crippen LogP contribution in [0.25, 0.3) is 0 Å². The molecular formula is C13H25N3O2. The van der Waals surface area contributed by atoms with Crippen molar-refractivity contribution in [2.75, 3.05) is 59.5 Å². The molecule has 104 valence electrons. The summed E-state index contributed by atoms with van der Waals surface area (Å²) in [5.41, 5.74) is 0. The molecule has 0 unspecified atom stereocenters. The fourth-order valence-electron chi connectivity index (χ4n) is 2.75. The summed E-state index contributed by atoms with van der Waals surface area (Å²) in [6.45, 7) is 7.22. The van der Waals surface area contributed by atoms with Gasteiger partial charge in [-0.1, -0.05) is 0 Å². The predicted octanol–water partition coefficient (Wildman–Crippen LogP) is -0.223. The van der Waals surface area contributed by atoms with Crippen molar-refractivity contribution in [3.63, 3.8) is 0 Å². The summed E-state index contributed by atoms with van der Waals surface area (Å²) < 4.78 is 5.18. The summed E-state index contributed by atoms with van der Waals surface area (Å²) in [4.78, 5) is 16.4. The minimum Gasteiger partial charge on any atom is -0.384 e. The zero-order valence-electron chi connectivity index (χ0n) is 11.4.